The number of rotatable bonds is 5. The third-order valence-electron chi connectivity index (χ3n) is 5.81. The Morgan fingerprint density at radius 2 is 1.79 bits per heavy atom. The van der Waals surface area contributed by atoms with E-state index in [1.165, 1.54) is 71.0 Å². The van der Waals surface area contributed by atoms with Crippen molar-refractivity contribution in [1.82, 2.24) is 4.90 Å². The lowest BCUT2D eigenvalue weighted by Crippen LogP contribution is -2.46. The molecule has 2 heteroatoms. The van der Waals surface area contributed by atoms with Gasteiger partial charge in [0, 0.05) is 26.3 Å². The summed E-state index contributed by atoms with van der Waals surface area (Å²) >= 11 is 0. The van der Waals surface area contributed by atoms with Crippen LogP contribution in [0.1, 0.15) is 58.3 Å². The summed E-state index contributed by atoms with van der Waals surface area (Å²) in [7, 11) is 0. The van der Waals surface area contributed by atoms with Gasteiger partial charge in [-0.2, -0.15) is 0 Å². The summed E-state index contributed by atoms with van der Waals surface area (Å²) in [6.45, 7) is 8.16. The van der Waals surface area contributed by atoms with Gasteiger partial charge in [-0.05, 0) is 69.2 Å². The van der Waals surface area contributed by atoms with Crippen LogP contribution in [0, 0.1) is 17.3 Å². The van der Waals surface area contributed by atoms with Crippen molar-refractivity contribution in [1.29, 1.82) is 0 Å². The van der Waals surface area contributed by atoms with E-state index in [2.05, 4.69) is 11.8 Å². The second-order valence-corrected chi connectivity index (χ2v) is 7.41. The molecule has 0 bridgehead atoms. The van der Waals surface area contributed by atoms with Crippen LogP contribution in [-0.2, 0) is 4.74 Å². The molecule has 3 fully saturated rings. The fraction of sp³-hybridized carbons (Fsp3) is 1.00. The molecule has 0 aromatic rings. The van der Waals surface area contributed by atoms with Gasteiger partial charge in [0.15, 0.2) is 0 Å². The average molecular weight is 265 g/mol. The minimum Gasteiger partial charge on any atom is -0.381 e. The van der Waals surface area contributed by atoms with Gasteiger partial charge in [0.25, 0.3) is 0 Å². The van der Waals surface area contributed by atoms with Crippen LogP contribution in [0.25, 0.3) is 0 Å². The number of piperidine rings is 1. The van der Waals surface area contributed by atoms with E-state index in [9.17, 15) is 0 Å². The maximum Gasteiger partial charge on any atom is 0.0494 e. The third kappa shape index (κ3) is 3.33. The Hall–Kier alpha value is -0.0800. The van der Waals surface area contributed by atoms with Gasteiger partial charge in [-0.25, -0.2) is 0 Å². The van der Waals surface area contributed by atoms with E-state index in [-0.39, 0.29) is 0 Å². The molecule has 0 unspecified atom stereocenters. The van der Waals surface area contributed by atoms with Crippen LogP contribution in [-0.4, -0.2) is 37.7 Å². The van der Waals surface area contributed by atoms with Gasteiger partial charge in [0.1, 0.15) is 0 Å². The van der Waals surface area contributed by atoms with Crippen LogP contribution >= 0.6 is 0 Å². The first-order chi connectivity index (χ1) is 9.30. The minimum atomic E-state index is 0.743. The van der Waals surface area contributed by atoms with Crippen LogP contribution in [0.5, 0.6) is 0 Å². The molecule has 1 spiro atoms. The van der Waals surface area contributed by atoms with Gasteiger partial charge in [-0.15, -0.1) is 0 Å². The zero-order valence-electron chi connectivity index (χ0n) is 12.7. The number of likely N-dealkylation sites (tertiary alicyclic amines) is 1. The number of hydrogen-bond acceptors (Lipinski definition) is 2. The molecule has 1 saturated heterocycles. The van der Waals surface area contributed by atoms with Gasteiger partial charge in [-0.1, -0.05) is 12.8 Å². The summed E-state index contributed by atoms with van der Waals surface area (Å²) in [5.74, 6) is 1.84. The molecule has 1 aliphatic heterocycles. The fourth-order valence-corrected chi connectivity index (χ4v) is 4.81. The van der Waals surface area contributed by atoms with Crippen LogP contribution in [0.15, 0.2) is 0 Å². The van der Waals surface area contributed by atoms with Gasteiger partial charge in [0.05, 0.1) is 0 Å². The quantitative estimate of drug-likeness (QED) is 0.751. The standard InChI is InChI=1S/C17H31NO/c1-2-19-13-16-10-15(11-16)12-18-9-5-8-17(14-18)6-3-4-7-17/h15-16H,2-14H2,1H3. The molecular weight excluding hydrogens is 234 g/mol. The lowest BCUT2D eigenvalue weighted by molar-refractivity contribution is 0.0173. The van der Waals surface area contributed by atoms with Gasteiger partial charge >= 0.3 is 0 Å². The van der Waals surface area contributed by atoms with Crippen molar-refractivity contribution >= 4 is 0 Å². The molecule has 0 atom stereocenters. The van der Waals surface area contributed by atoms with Crippen molar-refractivity contribution in [2.45, 2.75) is 58.3 Å². The zero-order valence-corrected chi connectivity index (χ0v) is 12.7. The highest BCUT2D eigenvalue weighted by Gasteiger charge is 2.39. The lowest BCUT2D eigenvalue weighted by Gasteiger charge is -2.44. The van der Waals surface area contributed by atoms with E-state index in [4.69, 9.17) is 4.74 Å². The monoisotopic (exact) mass is 265 g/mol. The van der Waals surface area contributed by atoms with Gasteiger partial charge < -0.3 is 9.64 Å². The summed E-state index contributed by atoms with van der Waals surface area (Å²) in [6, 6.07) is 0. The topological polar surface area (TPSA) is 12.5 Å². The predicted molar refractivity (Wildman–Crippen MR) is 79.3 cm³/mol. The largest absolute Gasteiger partial charge is 0.381 e. The predicted octanol–water partition coefficient (Wildman–Crippen LogP) is 3.71. The smallest absolute Gasteiger partial charge is 0.0494 e. The van der Waals surface area contributed by atoms with Gasteiger partial charge in [0.2, 0.25) is 0 Å². The van der Waals surface area contributed by atoms with E-state index >= 15 is 0 Å². The summed E-state index contributed by atoms with van der Waals surface area (Å²) in [5, 5.41) is 0. The molecule has 2 aliphatic carbocycles. The Morgan fingerprint density at radius 3 is 2.53 bits per heavy atom. The Bertz CT molecular complexity index is 279. The molecule has 3 rings (SSSR count). The first-order valence-electron chi connectivity index (χ1n) is 8.60. The second kappa shape index (κ2) is 6.13. The molecule has 0 amide bonds. The summed E-state index contributed by atoms with van der Waals surface area (Å²) < 4.78 is 5.54. The van der Waals surface area contributed by atoms with Crippen LogP contribution < -0.4 is 0 Å². The summed E-state index contributed by atoms with van der Waals surface area (Å²) in [4.78, 5) is 2.80. The Kier molecular flexibility index (Phi) is 4.48. The SMILES string of the molecule is CCOCC1CC(CN2CCCC3(CCCC3)C2)C1. The van der Waals surface area contributed by atoms with E-state index in [1.54, 1.807) is 0 Å². The van der Waals surface area contributed by atoms with Gasteiger partial charge in [-0.3, -0.25) is 0 Å². The van der Waals surface area contributed by atoms with Crippen molar-refractivity contribution in [2.24, 2.45) is 17.3 Å². The van der Waals surface area contributed by atoms with Crippen molar-refractivity contribution in [2.75, 3.05) is 32.8 Å². The second-order valence-electron chi connectivity index (χ2n) is 7.41. The summed E-state index contributed by atoms with van der Waals surface area (Å²) in [5.41, 5.74) is 0.743. The van der Waals surface area contributed by atoms with Crippen molar-refractivity contribution in [3.8, 4) is 0 Å². The molecule has 0 radical (unpaired) electrons. The Balaban J connectivity index is 1.39. The van der Waals surface area contributed by atoms with E-state index < -0.39 is 0 Å². The molecule has 0 aromatic heterocycles. The van der Waals surface area contributed by atoms with Crippen molar-refractivity contribution < 1.29 is 4.74 Å². The maximum atomic E-state index is 5.54. The summed E-state index contributed by atoms with van der Waals surface area (Å²) in [6.07, 6.45) is 11.8. The molecule has 19 heavy (non-hydrogen) atoms. The number of hydrogen-bond donors (Lipinski definition) is 0. The van der Waals surface area contributed by atoms with Crippen LogP contribution in [0.2, 0.25) is 0 Å². The maximum absolute atomic E-state index is 5.54. The highest BCUT2D eigenvalue weighted by molar-refractivity contribution is 4.92. The average Bonchev–Trinajstić information content (AvgIpc) is 2.80. The van der Waals surface area contributed by atoms with Crippen LogP contribution in [0.4, 0.5) is 0 Å². The number of ether oxygens (including phenoxy) is 1. The normalized spacial score (nSPS) is 34.6. The molecule has 2 nitrogen and oxygen atoms in total. The molecule has 2 saturated carbocycles. The Morgan fingerprint density at radius 1 is 1.05 bits per heavy atom. The van der Waals surface area contributed by atoms with E-state index in [0.717, 1.165) is 30.5 Å². The zero-order chi connectivity index (χ0) is 13.1. The molecular formula is C17H31NO. The first kappa shape index (κ1) is 13.9. The highest BCUT2D eigenvalue weighted by Crippen LogP contribution is 2.45. The number of nitrogens with zero attached hydrogens (tertiary/aromatic N) is 1. The van der Waals surface area contributed by atoms with Crippen molar-refractivity contribution in [3.05, 3.63) is 0 Å². The highest BCUT2D eigenvalue weighted by atomic mass is 16.5. The van der Waals surface area contributed by atoms with E-state index in [1.807, 2.05) is 0 Å². The third-order valence-corrected chi connectivity index (χ3v) is 5.81. The molecule has 1 heterocycles. The van der Waals surface area contributed by atoms with Crippen molar-refractivity contribution in [3.63, 3.8) is 0 Å². The fourth-order valence-electron chi connectivity index (χ4n) is 4.81. The molecule has 110 valence electrons. The van der Waals surface area contributed by atoms with E-state index in [0.29, 0.717) is 0 Å². The minimum absolute atomic E-state index is 0.743. The molecule has 3 aliphatic rings. The first-order valence-corrected chi connectivity index (χ1v) is 8.60. The Labute approximate surface area is 118 Å². The molecule has 0 N–H and O–H groups in total. The molecule has 0 aromatic carbocycles. The lowest BCUT2D eigenvalue weighted by atomic mass is 9.73. The van der Waals surface area contributed by atoms with Crippen LogP contribution in [0.3, 0.4) is 0 Å².